The first-order valence-corrected chi connectivity index (χ1v) is 5.42. The second kappa shape index (κ2) is 4.00. The monoisotopic (exact) mass is 227 g/mol. The molecule has 3 nitrogen and oxygen atoms in total. The van der Waals surface area contributed by atoms with Crippen LogP contribution in [0.5, 0.6) is 5.75 Å². The third-order valence-corrected chi connectivity index (χ3v) is 3.21. The summed E-state index contributed by atoms with van der Waals surface area (Å²) in [6.45, 7) is 1.53. The van der Waals surface area contributed by atoms with Gasteiger partial charge in [-0.2, -0.15) is 0 Å². The Balaban J connectivity index is 2.38. The average Bonchev–Trinajstić information content (AvgIpc) is 2.23. The van der Waals surface area contributed by atoms with Crippen LogP contribution in [0.15, 0.2) is 18.2 Å². The maximum Gasteiger partial charge on any atom is 0.116 e. The molecule has 1 fully saturated rings. The highest BCUT2D eigenvalue weighted by Gasteiger charge is 2.33. The molecule has 4 heteroatoms. The number of benzene rings is 1. The smallest absolute Gasteiger partial charge is 0.116 e. The molecule has 3 N–H and O–H groups in total. The van der Waals surface area contributed by atoms with Crippen LogP contribution in [0.3, 0.4) is 0 Å². The van der Waals surface area contributed by atoms with E-state index < -0.39 is 5.60 Å². The second-order valence-corrected chi connectivity index (χ2v) is 4.35. The van der Waals surface area contributed by atoms with Gasteiger partial charge >= 0.3 is 0 Å². The number of nitrogens with one attached hydrogen (secondary N) is 1. The second-order valence-electron chi connectivity index (χ2n) is 3.95. The van der Waals surface area contributed by atoms with Crippen LogP contribution in [0.25, 0.3) is 0 Å². The number of hydrogen-bond donors (Lipinski definition) is 3. The molecule has 0 unspecified atom stereocenters. The Morgan fingerprint density at radius 1 is 1.27 bits per heavy atom. The van der Waals surface area contributed by atoms with Crippen LogP contribution in [-0.4, -0.2) is 23.3 Å². The van der Waals surface area contributed by atoms with Crippen LogP contribution in [0.2, 0.25) is 5.02 Å². The van der Waals surface area contributed by atoms with Gasteiger partial charge in [0, 0.05) is 10.6 Å². The van der Waals surface area contributed by atoms with Gasteiger partial charge in [-0.15, -0.1) is 0 Å². The highest BCUT2D eigenvalue weighted by atomic mass is 35.5. The molecule has 1 aromatic rings. The number of halogens is 1. The van der Waals surface area contributed by atoms with Crippen molar-refractivity contribution in [1.29, 1.82) is 0 Å². The fraction of sp³-hybridized carbons (Fsp3) is 0.455. The van der Waals surface area contributed by atoms with Gasteiger partial charge in [0.15, 0.2) is 0 Å². The summed E-state index contributed by atoms with van der Waals surface area (Å²) < 4.78 is 0. The molecule has 15 heavy (non-hydrogen) atoms. The zero-order valence-corrected chi connectivity index (χ0v) is 9.09. The van der Waals surface area contributed by atoms with Crippen molar-refractivity contribution in [2.45, 2.75) is 18.4 Å². The molecule has 1 aliphatic rings. The van der Waals surface area contributed by atoms with E-state index in [0.29, 0.717) is 23.4 Å². The van der Waals surface area contributed by atoms with E-state index in [1.54, 1.807) is 12.1 Å². The van der Waals surface area contributed by atoms with E-state index >= 15 is 0 Å². The van der Waals surface area contributed by atoms with Crippen molar-refractivity contribution < 1.29 is 10.2 Å². The minimum Gasteiger partial charge on any atom is -0.508 e. The summed E-state index contributed by atoms with van der Waals surface area (Å²) in [5.74, 6) is 0.140. The van der Waals surface area contributed by atoms with Crippen LogP contribution < -0.4 is 5.32 Å². The Labute approximate surface area is 93.7 Å². The molecule has 0 radical (unpaired) electrons. The molecule has 0 saturated carbocycles. The standard InChI is InChI=1S/C11H14ClNO2/c12-10-2-1-8(14)7-9(10)11(15)3-5-13-6-4-11/h1-2,7,13-15H,3-6H2. The summed E-state index contributed by atoms with van der Waals surface area (Å²) in [5, 5.41) is 23.5. The summed E-state index contributed by atoms with van der Waals surface area (Å²) in [7, 11) is 0. The quantitative estimate of drug-likeness (QED) is 0.684. The first-order valence-electron chi connectivity index (χ1n) is 5.04. The number of rotatable bonds is 1. The molecule has 82 valence electrons. The topological polar surface area (TPSA) is 52.5 Å². The SMILES string of the molecule is Oc1ccc(Cl)c(C2(O)CCNCC2)c1. The first kappa shape index (κ1) is 10.7. The molecule has 0 amide bonds. The van der Waals surface area contributed by atoms with Crippen molar-refractivity contribution in [2.75, 3.05) is 13.1 Å². The molecule has 0 bridgehead atoms. The predicted molar refractivity (Wildman–Crippen MR) is 59.1 cm³/mol. The van der Waals surface area contributed by atoms with Crippen LogP contribution >= 0.6 is 11.6 Å². The highest BCUT2D eigenvalue weighted by Crippen LogP contribution is 2.36. The van der Waals surface area contributed by atoms with Gasteiger partial charge in [-0.1, -0.05) is 11.6 Å². The van der Waals surface area contributed by atoms with Crippen molar-refractivity contribution in [2.24, 2.45) is 0 Å². The van der Waals surface area contributed by atoms with Gasteiger partial charge in [0.05, 0.1) is 5.60 Å². The normalized spacial score (nSPS) is 20.1. The lowest BCUT2D eigenvalue weighted by atomic mass is 9.85. The molecule has 2 rings (SSSR count). The fourth-order valence-corrected chi connectivity index (χ4v) is 2.27. The molecule has 0 spiro atoms. The molecule has 0 aromatic heterocycles. The number of aliphatic hydroxyl groups is 1. The van der Waals surface area contributed by atoms with Crippen molar-refractivity contribution in [3.8, 4) is 5.75 Å². The molecule has 1 heterocycles. The van der Waals surface area contributed by atoms with Gasteiger partial charge in [-0.3, -0.25) is 0 Å². The molecule has 1 aromatic carbocycles. The largest absolute Gasteiger partial charge is 0.508 e. The highest BCUT2D eigenvalue weighted by molar-refractivity contribution is 6.31. The summed E-state index contributed by atoms with van der Waals surface area (Å²) in [6, 6.07) is 4.69. The maximum atomic E-state index is 10.4. The lowest BCUT2D eigenvalue weighted by molar-refractivity contribution is 0.00586. The van der Waals surface area contributed by atoms with Gasteiger partial charge in [-0.05, 0) is 44.1 Å². The van der Waals surface area contributed by atoms with E-state index in [9.17, 15) is 10.2 Å². The summed E-state index contributed by atoms with van der Waals surface area (Å²) in [4.78, 5) is 0. The lowest BCUT2D eigenvalue weighted by Crippen LogP contribution is -2.39. The minimum absolute atomic E-state index is 0.140. The molecule has 0 aliphatic carbocycles. The van der Waals surface area contributed by atoms with Gasteiger partial charge < -0.3 is 15.5 Å². The van der Waals surface area contributed by atoms with Crippen molar-refractivity contribution >= 4 is 11.6 Å². The fourth-order valence-electron chi connectivity index (χ4n) is 1.98. The number of phenols is 1. The maximum absolute atomic E-state index is 10.4. The molecular weight excluding hydrogens is 214 g/mol. The van der Waals surface area contributed by atoms with Crippen LogP contribution in [0.4, 0.5) is 0 Å². The Kier molecular flexibility index (Phi) is 2.87. The van der Waals surface area contributed by atoms with E-state index in [4.69, 9.17) is 11.6 Å². The van der Waals surface area contributed by atoms with Gasteiger partial charge in [0.1, 0.15) is 5.75 Å². The Bertz CT molecular complexity index is 362. The number of aromatic hydroxyl groups is 1. The zero-order chi connectivity index (χ0) is 10.9. The van der Waals surface area contributed by atoms with Gasteiger partial charge in [0.25, 0.3) is 0 Å². The third kappa shape index (κ3) is 2.09. The molecule has 0 atom stereocenters. The van der Waals surface area contributed by atoms with Crippen LogP contribution in [-0.2, 0) is 5.60 Å². The van der Waals surface area contributed by atoms with E-state index in [1.807, 2.05) is 0 Å². The Morgan fingerprint density at radius 3 is 2.60 bits per heavy atom. The third-order valence-electron chi connectivity index (χ3n) is 2.88. The number of phenolic OH excluding ortho intramolecular Hbond substituents is 1. The van der Waals surface area contributed by atoms with E-state index in [2.05, 4.69) is 5.32 Å². The van der Waals surface area contributed by atoms with Crippen molar-refractivity contribution in [3.05, 3.63) is 28.8 Å². The number of piperidine rings is 1. The first-order chi connectivity index (χ1) is 7.12. The van der Waals surface area contributed by atoms with Gasteiger partial charge in [0.2, 0.25) is 0 Å². The van der Waals surface area contributed by atoms with Crippen molar-refractivity contribution in [3.63, 3.8) is 0 Å². The Hall–Kier alpha value is -0.770. The minimum atomic E-state index is -0.902. The average molecular weight is 228 g/mol. The van der Waals surface area contributed by atoms with E-state index in [1.165, 1.54) is 6.07 Å². The van der Waals surface area contributed by atoms with E-state index in [-0.39, 0.29) is 5.75 Å². The summed E-state index contributed by atoms with van der Waals surface area (Å²) in [6.07, 6.45) is 1.24. The molecule has 1 aliphatic heterocycles. The van der Waals surface area contributed by atoms with E-state index in [0.717, 1.165) is 13.1 Å². The summed E-state index contributed by atoms with van der Waals surface area (Å²) >= 11 is 6.03. The summed E-state index contributed by atoms with van der Waals surface area (Å²) in [5.41, 5.74) is -0.271. The molecular formula is C11H14ClNO2. The zero-order valence-electron chi connectivity index (χ0n) is 8.33. The lowest BCUT2D eigenvalue weighted by Gasteiger charge is -2.33. The molecule has 1 saturated heterocycles. The predicted octanol–water partition coefficient (Wildman–Crippen LogP) is 1.62. The van der Waals surface area contributed by atoms with Crippen molar-refractivity contribution in [1.82, 2.24) is 5.32 Å². The van der Waals surface area contributed by atoms with Crippen LogP contribution in [0, 0.1) is 0 Å². The van der Waals surface area contributed by atoms with Crippen LogP contribution in [0.1, 0.15) is 18.4 Å². The Morgan fingerprint density at radius 2 is 1.93 bits per heavy atom. The van der Waals surface area contributed by atoms with Gasteiger partial charge in [-0.25, -0.2) is 0 Å². The number of hydrogen-bond acceptors (Lipinski definition) is 3.